The number of aliphatic hydroxyl groups is 1. The Morgan fingerprint density at radius 3 is 2.48 bits per heavy atom. The quantitative estimate of drug-likeness (QED) is 0.663. The lowest BCUT2D eigenvalue weighted by molar-refractivity contribution is 0.0732. The number of likely N-dealkylation sites (tertiary alicyclic amines) is 1. The molecular formula is C24H34N2O3. The monoisotopic (exact) mass is 398 g/mol. The molecule has 1 atom stereocenters. The molecule has 0 amide bonds. The molecule has 0 saturated carbocycles. The highest BCUT2D eigenvalue weighted by atomic mass is 16.5. The van der Waals surface area contributed by atoms with Crippen LogP contribution < -0.4 is 9.47 Å². The van der Waals surface area contributed by atoms with Crippen LogP contribution in [0.15, 0.2) is 48.5 Å². The first-order valence-corrected chi connectivity index (χ1v) is 10.6. The Hall–Kier alpha value is -2.08. The fraction of sp³-hybridized carbons (Fsp3) is 0.500. The van der Waals surface area contributed by atoms with Crippen molar-refractivity contribution in [3.05, 3.63) is 59.7 Å². The zero-order valence-corrected chi connectivity index (χ0v) is 17.7. The number of rotatable bonds is 10. The van der Waals surface area contributed by atoms with Crippen LogP contribution in [-0.4, -0.2) is 61.4 Å². The Balaban J connectivity index is 1.51. The van der Waals surface area contributed by atoms with Gasteiger partial charge >= 0.3 is 0 Å². The van der Waals surface area contributed by atoms with E-state index in [1.165, 1.54) is 30.4 Å². The topological polar surface area (TPSA) is 45.2 Å². The van der Waals surface area contributed by atoms with Gasteiger partial charge in [0.15, 0.2) is 11.5 Å². The van der Waals surface area contributed by atoms with E-state index in [0.29, 0.717) is 18.0 Å². The van der Waals surface area contributed by atoms with Gasteiger partial charge in [0.1, 0.15) is 12.7 Å². The largest absolute Gasteiger partial charge is 0.493 e. The average Bonchev–Trinajstić information content (AvgIpc) is 2.74. The Morgan fingerprint density at radius 1 is 1.00 bits per heavy atom. The van der Waals surface area contributed by atoms with E-state index in [-0.39, 0.29) is 6.61 Å². The van der Waals surface area contributed by atoms with Gasteiger partial charge in [-0.3, -0.25) is 9.80 Å². The van der Waals surface area contributed by atoms with Gasteiger partial charge in [-0.05, 0) is 56.2 Å². The van der Waals surface area contributed by atoms with Crippen molar-refractivity contribution in [2.75, 3.05) is 40.4 Å². The van der Waals surface area contributed by atoms with E-state index in [9.17, 15) is 5.11 Å². The second-order valence-electron chi connectivity index (χ2n) is 7.97. The Labute approximate surface area is 174 Å². The molecule has 0 aliphatic carbocycles. The zero-order valence-electron chi connectivity index (χ0n) is 17.7. The van der Waals surface area contributed by atoms with Crippen molar-refractivity contribution in [3.8, 4) is 11.5 Å². The van der Waals surface area contributed by atoms with Crippen molar-refractivity contribution in [1.82, 2.24) is 9.80 Å². The van der Waals surface area contributed by atoms with E-state index < -0.39 is 6.10 Å². The van der Waals surface area contributed by atoms with Crippen molar-refractivity contribution < 1.29 is 14.6 Å². The van der Waals surface area contributed by atoms with Crippen molar-refractivity contribution in [2.45, 2.75) is 38.5 Å². The van der Waals surface area contributed by atoms with Crippen molar-refractivity contribution in [1.29, 1.82) is 0 Å². The Kier molecular flexibility index (Phi) is 8.35. The number of methoxy groups -OCH3 is 1. The number of aliphatic hydroxyl groups excluding tert-OH is 1. The van der Waals surface area contributed by atoms with Gasteiger partial charge in [0.05, 0.1) is 7.11 Å². The molecule has 1 heterocycles. The van der Waals surface area contributed by atoms with E-state index in [4.69, 9.17) is 9.47 Å². The highest BCUT2D eigenvalue weighted by Crippen LogP contribution is 2.29. The minimum atomic E-state index is -0.570. The number of ether oxygens (including phenoxy) is 2. The molecule has 0 bridgehead atoms. The lowest BCUT2D eigenvalue weighted by atomic mass is 10.1. The van der Waals surface area contributed by atoms with Crippen LogP contribution in [0.3, 0.4) is 0 Å². The Morgan fingerprint density at radius 2 is 1.76 bits per heavy atom. The van der Waals surface area contributed by atoms with Gasteiger partial charge in [-0.1, -0.05) is 42.8 Å². The molecule has 1 aliphatic heterocycles. The third kappa shape index (κ3) is 7.03. The normalized spacial score (nSPS) is 16.0. The van der Waals surface area contributed by atoms with E-state index in [1.54, 1.807) is 7.11 Å². The molecule has 5 heteroatoms. The molecule has 0 spiro atoms. The summed E-state index contributed by atoms with van der Waals surface area (Å²) in [5, 5.41) is 10.4. The third-order valence-corrected chi connectivity index (χ3v) is 5.33. The molecule has 158 valence electrons. The van der Waals surface area contributed by atoms with Gasteiger partial charge in [0.2, 0.25) is 0 Å². The summed E-state index contributed by atoms with van der Waals surface area (Å²) in [6.07, 6.45) is 3.33. The van der Waals surface area contributed by atoms with Gasteiger partial charge in [0, 0.05) is 19.6 Å². The molecule has 1 aliphatic rings. The van der Waals surface area contributed by atoms with Gasteiger partial charge in [-0.2, -0.15) is 0 Å². The first-order valence-electron chi connectivity index (χ1n) is 10.6. The number of piperidine rings is 1. The van der Waals surface area contributed by atoms with Crippen LogP contribution in [0.4, 0.5) is 0 Å². The molecule has 3 rings (SSSR count). The average molecular weight is 399 g/mol. The van der Waals surface area contributed by atoms with Gasteiger partial charge in [0.25, 0.3) is 0 Å². The first-order chi connectivity index (χ1) is 14.1. The maximum absolute atomic E-state index is 10.4. The van der Waals surface area contributed by atoms with Crippen LogP contribution in [-0.2, 0) is 13.1 Å². The number of hydrogen-bond acceptors (Lipinski definition) is 5. The van der Waals surface area contributed by atoms with Gasteiger partial charge in [-0.15, -0.1) is 0 Å². The lowest BCUT2D eigenvalue weighted by Gasteiger charge is -2.26. The summed E-state index contributed by atoms with van der Waals surface area (Å²) in [6, 6.07) is 16.4. The third-order valence-electron chi connectivity index (χ3n) is 5.33. The molecule has 1 fully saturated rings. The number of hydrogen-bond donors (Lipinski definition) is 1. The maximum Gasteiger partial charge on any atom is 0.161 e. The van der Waals surface area contributed by atoms with E-state index in [0.717, 1.165) is 26.2 Å². The summed E-state index contributed by atoms with van der Waals surface area (Å²) in [5.41, 5.74) is 2.45. The van der Waals surface area contributed by atoms with Crippen molar-refractivity contribution in [3.63, 3.8) is 0 Å². The summed E-state index contributed by atoms with van der Waals surface area (Å²) in [5.74, 6) is 1.41. The van der Waals surface area contributed by atoms with Crippen LogP contribution >= 0.6 is 0 Å². The van der Waals surface area contributed by atoms with Crippen LogP contribution in [0.25, 0.3) is 0 Å². The number of nitrogens with zero attached hydrogens (tertiary/aromatic N) is 2. The summed E-state index contributed by atoms with van der Waals surface area (Å²) in [6.45, 7) is 4.84. The fourth-order valence-corrected chi connectivity index (χ4v) is 3.87. The molecular weight excluding hydrogens is 364 g/mol. The molecule has 5 nitrogen and oxygen atoms in total. The van der Waals surface area contributed by atoms with E-state index in [1.807, 2.05) is 37.4 Å². The van der Waals surface area contributed by atoms with Gasteiger partial charge < -0.3 is 14.6 Å². The molecule has 2 aromatic carbocycles. The van der Waals surface area contributed by atoms with Gasteiger partial charge in [-0.25, -0.2) is 0 Å². The lowest BCUT2D eigenvalue weighted by Crippen LogP contribution is -2.32. The predicted octanol–water partition coefficient (Wildman–Crippen LogP) is 3.55. The zero-order chi connectivity index (χ0) is 20.5. The predicted molar refractivity (Wildman–Crippen MR) is 116 cm³/mol. The number of likely N-dealkylation sites (N-methyl/N-ethyl adjacent to an activating group) is 1. The summed E-state index contributed by atoms with van der Waals surface area (Å²) in [7, 11) is 3.66. The molecule has 2 aromatic rings. The standard InChI is InChI=1S/C24H34N2O3/c1-25(16-20-9-5-3-6-10-20)18-22(27)19-29-24-15-21(11-12-23(24)28-2)17-26-13-7-4-8-14-26/h3,5-6,9-12,15,22,27H,4,7-8,13-14,16-19H2,1-2H3. The molecule has 29 heavy (non-hydrogen) atoms. The van der Waals surface area contributed by atoms with E-state index in [2.05, 4.69) is 28.0 Å². The SMILES string of the molecule is COc1ccc(CN2CCCCC2)cc1OCC(O)CN(C)Cc1ccccc1. The van der Waals surface area contributed by atoms with E-state index >= 15 is 0 Å². The fourth-order valence-electron chi connectivity index (χ4n) is 3.87. The summed E-state index contributed by atoms with van der Waals surface area (Å²) >= 11 is 0. The number of benzene rings is 2. The Bertz CT molecular complexity index is 732. The minimum absolute atomic E-state index is 0.239. The van der Waals surface area contributed by atoms with Crippen molar-refractivity contribution >= 4 is 0 Å². The molecule has 1 saturated heterocycles. The second-order valence-corrected chi connectivity index (χ2v) is 7.97. The highest BCUT2D eigenvalue weighted by Gasteiger charge is 2.14. The highest BCUT2D eigenvalue weighted by molar-refractivity contribution is 5.43. The summed E-state index contributed by atoms with van der Waals surface area (Å²) in [4.78, 5) is 4.59. The second kappa shape index (κ2) is 11.2. The van der Waals surface area contributed by atoms with Crippen LogP contribution in [0.2, 0.25) is 0 Å². The summed E-state index contributed by atoms with van der Waals surface area (Å²) < 4.78 is 11.4. The first kappa shape index (κ1) is 21.6. The molecule has 0 radical (unpaired) electrons. The van der Waals surface area contributed by atoms with Crippen LogP contribution in [0, 0.1) is 0 Å². The molecule has 0 aromatic heterocycles. The minimum Gasteiger partial charge on any atom is -0.493 e. The van der Waals surface area contributed by atoms with Crippen LogP contribution in [0.5, 0.6) is 11.5 Å². The molecule has 1 N–H and O–H groups in total. The smallest absolute Gasteiger partial charge is 0.161 e. The molecule has 1 unspecified atom stereocenters. The van der Waals surface area contributed by atoms with Crippen LogP contribution in [0.1, 0.15) is 30.4 Å². The maximum atomic E-state index is 10.4. The van der Waals surface area contributed by atoms with Crippen molar-refractivity contribution in [2.24, 2.45) is 0 Å².